The van der Waals surface area contributed by atoms with E-state index < -0.39 is 5.97 Å². The Morgan fingerprint density at radius 3 is 2.73 bits per heavy atom. The van der Waals surface area contributed by atoms with Crippen molar-refractivity contribution in [3.8, 4) is 0 Å². The monoisotopic (exact) mass is 323 g/mol. The van der Waals surface area contributed by atoms with Crippen molar-refractivity contribution < 1.29 is 30.6 Å². The van der Waals surface area contributed by atoms with E-state index in [1.54, 1.807) is 6.92 Å². The summed E-state index contributed by atoms with van der Waals surface area (Å²) in [5.41, 5.74) is 0.322. The number of methoxy groups -OCH3 is 1. The van der Waals surface area contributed by atoms with Crippen molar-refractivity contribution in [2.24, 2.45) is 16.1 Å². The van der Waals surface area contributed by atoms with Crippen LogP contribution in [0.25, 0.3) is 0 Å². The molecule has 0 N–H and O–H groups in total. The van der Waals surface area contributed by atoms with E-state index in [2.05, 4.69) is 21.2 Å². The predicted octanol–water partition coefficient (Wildman–Crippen LogP) is 0.110. The summed E-state index contributed by atoms with van der Waals surface area (Å²) in [6.45, 7) is 1.78. The number of hydrogen-bond donors (Lipinski definition) is 0. The molecule has 0 aromatic heterocycles. The number of ether oxygens (including phenoxy) is 1. The van der Waals surface area contributed by atoms with Crippen LogP contribution in [0.5, 0.6) is 0 Å². The molecule has 5 heteroatoms. The SMILES string of the molecule is COC(=O)C1=NN=[C-]C1C.[W+2]. The fourth-order valence-electron chi connectivity index (χ4n) is 0.639. The number of carbonyl (C=O) groups is 1. The van der Waals surface area contributed by atoms with E-state index in [9.17, 15) is 4.79 Å². The van der Waals surface area contributed by atoms with Gasteiger partial charge in [0.1, 0.15) is 5.71 Å². The van der Waals surface area contributed by atoms with Crippen LogP contribution in [0.15, 0.2) is 10.2 Å². The molecule has 11 heavy (non-hydrogen) atoms. The van der Waals surface area contributed by atoms with Gasteiger partial charge < -0.3 is 16.1 Å². The molecule has 0 spiro atoms. The Balaban J connectivity index is 0.000001000. The van der Waals surface area contributed by atoms with Gasteiger partial charge in [-0.3, -0.25) is 0 Å². The second kappa shape index (κ2) is 4.39. The van der Waals surface area contributed by atoms with Crippen LogP contribution in [-0.2, 0) is 30.6 Å². The molecule has 0 bridgehead atoms. The van der Waals surface area contributed by atoms with Gasteiger partial charge >= 0.3 is 27.0 Å². The van der Waals surface area contributed by atoms with E-state index in [0.29, 0.717) is 5.71 Å². The Bertz CT molecular complexity index is 213. The minimum absolute atomic E-state index is 0. The summed E-state index contributed by atoms with van der Waals surface area (Å²) < 4.78 is 4.43. The summed E-state index contributed by atoms with van der Waals surface area (Å²) in [6.07, 6.45) is 2.61. The molecule has 4 nitrogen and oxygen atoms in total. The number of nitrogens with zero attached hydrogens (tertiary/aromatic N) is 2. The van der Waals surface area contributed by atoms with Crippen molar-refractivity contribution in [3.05, 3.63) is 0 Å². The predicted molar refractivity (Wildman–Crippen MR) is 36.0 cm³/mol. The largest absolute Gasteiger partial charge is 2.00 e. The molecule has 0 saturated carbocycles. The van der Waals surface area contributed by atoms with Crippen LogP contribution in [0, 0.1) is 5.92 Å². The number of esters is 1. The molecule has 0 aromatic carbocycles. The maximum atomic E-state index is 10.8. The maximum absolute atomic E-state index is 10.8. The molecular formula is C6H7N2O2W+. The van der Waals surface area contributed by atoms with Crippen LogP contribution in [0.1, 0.15) is 6.92 Å². The van der Waals surface area contributed by atoms with Gasteiger partial charge in [-0.1, -0.05) is 6.92 Å². The molecule has 58 valence electrons. The first-order valence-electron chi connectivity index (χ1n) is 2.87. The van der Waals surface area contributed by atoms with Gasteiger partial charge in [0.25, 0.3) is 0 Å². The molecular weight excluding hydrogens is 316 g/mol. The minimum Gasteiger partial charge on any atom is -0.465 e. The fourth-order valence-corrected chi connectivity index (χ4v) is 0.639. The Morgan fingerprint density at radius 1 is 1.73 bits per heavy atom. The van der Waals surface area contributed by atoms with Crippen molar-refractivity contribution in [3.63, 3.8) is 0 Å². The molecule has 1 aliphatic rings. The van der Waals surface area contributed by atoms with Gasteiger partial charge in [-0.05, 0) is 0 Å². The molecule has 0 radical (unpaired) electrons. The zero-order chi connectivity index (χ0) is 7.56. The second-order valence-electron chi connectivity index (χ2n) is 1.93. The van der Waals surface area contributed by atoms with Crippen LogP contribution in [0.3, 0.4) is 0 Å². The van der Waals surface area contributed by atoms with Gasteiger partial charge in [0.15, 0.2) is 0 Å². The third-order valence-corrected chi connectivity index (χ3v) is 1.21. The van der Waals surface area contributed by atoms with Crippen molar-refractivity contribution in [2.75, 3.05) is 7.11 Å². The summed E-state index contributed by atoms with van der Waals surface area (Å²) in [5, 5.41) is 7.00. The molecule has 0 fully saturated rings. The van der Waals surface area contributed by atoms with Crippen molar-refractivity contribution in [1.29, 1.82) is 0 Å². The van der Waals surface area contributed by atoms with Crippen molar-refractivity contribution in [2.45, 2.75) is 6.92 Å². The summed E-state index contributed by atoms with van der Waals surface area (Å²) in [6, 6.07) is 0. The van der Waals surface area contributed by atoms with E-state index in [-0.39, 0.29) is 27.0 Å². The average molecular weight is 323 g/mol. The fraction of sp³-hybridized carbons (Fsp3) is 0.500. The van der Waals surface area contributed by atoms with E-state index in [0.717, 1.165) is 0 Å². The van der Waals surface area contributed by atoms with Crippen molar-refractivity contribution in [1.82, 2.24) is 0 Å². The minimum atomic E-state index is -0.429. The van der Waals surface area contributed by atoms with Gasteiger partial charge in [0.05, 0.1) is 7.11 Å². The third kappa shape index (κ3) is 2.22. The Hall–Kier alpha value is -0.502. The average Bonchev–Trinajstić information content (AvgIpc) is 2.34. The van der Waals surface area contributed by atoms with Crippen molar-refractivity contribution >= 4 is 17.9 Å². The third-order valence-electron chi connectivity index (χ3n) is 1.21. The molecule has 1 aliphatic heterocycles. The quantitative estimate of drug-likeness (QED) is 0.508. The molecule has 0 aliphatic carbocycles. The second-order valence-corrected chi connectivity index (χ2v) is 1.93. The van der Waals surface area contributed by atoms with E-state index in [1.807, 2.05) is 0 Å². The molecule has 1 atom stereocenters. The Morgan fingerprint density at radius 2 is 2.36 bits per heavy atom. The van der Waals surface area contributed by atoms with Gasteiger partial charge in [0.2, 0.25) is 0 Å². The van der Waals surface area contributed by atoms with Crippen LogP contribution in [0.4, 0.5) is 0 Å². The summed E-state index contributed by atoms with van der Waals surface area (Å²) in [4.78, 5) is 10.8. The maximum Gasteiger partial charge on any atom is 2.00 e. The van der Waals surface area contributed by atoms with E-state index in [4.69, 9.17) is 0 Å². The van der Waals surface area contributed by atoms with E-state index in [1.165, 1.54) is 7.11 Å². The smallest absolute Gasteiger partial charge is 0.465 e. The normalized spacial score (nSPS) is 20.5. The molecule has 0 aromatic rings. The summed E-state index contributed by atoms with van der Waals surface area (Å²) in [5.74, 6) is -0.561. The molecule has 0 amide bonds. The van der Waals surface area contributed by atoms with Gasteiger partial charge in [-0.15, -0.1) is 5.92 Å². The van der Waals surface area contributed by atoms with Crippen LogP contribution in [-0.4, -0.2) is 25.0 Å². The first kappa shape index (κ1) is 10.5. The van der Waals surface area contributed by atoms with Gasteiger partial charge in [0, 0.05) is 0 Å². The van der Waals surface area contributed by atoms with Crippen LogP contribution < -0.4 is 0 Å². The zero-order valence-electron chi connectivity index (χ0n) is 6.20. The standard InChI is InChI=1S/C6H7N2O2.W/c1-4-3-7-8-5(4)6(9)10-2;/h4H,1-2H3;/q-1;+2. The molecule has 0 saturated heterocycles. The van der Waals surface area contributed by atoms with Gasteiger partial charge in [-0.25, -0.2) is 4.79 Å². The zero-order valence-corrected chi connectivity index (χ0v) is 9.13. The molecule has 1 heterocycles. The summed E-state index contributed by atoms with van der Waals surface area (Å²) in [7, 11) is 1.32. The van der Waals surface area contributed by atoms with Crippen LogP contribution in [0.2, 0.25) is 0 Å². The molecule has 1 unspecified atom stereocenters. The Kier molecular flexibility index (Phi) is 4.19. The van der Waals surface area contributed by atoms with E-state index >= 15 is 0 Å². The first-order chi connectivity index (χ1) is 4.75. The Labute approximate surface area is 79.0 Å². The van der Waals surface area contributed by atoms with Crippen LogP contribution >= 0.6 is 0 Å². The molecule has 1 rings (SSSR count). The summed E-state index contributed by atoms with van der Waals surface area (Å²) >= 11 is 0. The number of carbonyl (C=O) groups excluding carboxylic acids is 1. The number of hydrogen-bond acceptors (Lipinski definition) is 4. The van der Waals surface area contributed by atoms with Gasteiger partial charge in [-0.2, -0.15) is 5.10 Å². The number of rotatable bonds is 1. The topological polar surface area (TPSA) is 51.0 Å². The first-order valence-corrected chi connectivity index (χ1v) is 2.87.